The van der Waals surface area contributed by atoms with Crippen LogP contribution in [-0.2, 0) is 6.54 Å². The zero-order valence-corrected chi connectivity index (χ0v) is 12.7. The molecule has 7 heteroatoms. The van der Waals surface area contributed by atoms with E-state index in [-0.39, 0.29) is 0 Å². The fourth-order valence-electron chi connectivity index (χ4n) is 3.14. The molecule has 2 aliphatic rings. The molecule has 1 unspecified atom stereocenters. The summed E-state index contributed by atoms with van der Waals surface area (Å²) in [5, 5.41) is 9.34. The maximum atomic E-state index is 12.5. The van der Waals surface area contributed by atoms with E-state index in [4.69, 9.17) is 9.47 Å². The lowest BCUT2D eigenvalue weighted by Crippen LogP contribution is -2.43. The maximum absolute atomic E-state index is 12.5. The molecular weight excluding hydrogens is 311 g/mol. The number of hydrogen-bond donors (Lipinski definition) is 1. The smallest absolute Gasteiger partial charge is 0.414 e. The number of rotatable bonds is 3. The van der Waals surface area contributed by atoms with E-state index in [1.165, 1.54) is 0 Å². The SMILES string of the molecule is OC(C1CCN(Cc2ccc3c(c2)OCCO3)CC1)C(F)(F)F. The second-order valence-corrected chi connectivity index (χ2v) is 6.08. The highest BCUT2D eigenvalue weighted by molar-refractivity contribution is 5.43. The molecule has 128 valence electrons. The lowest BCUT2D eigenvalue weighted by molar-refractivity contribution is -0.223. The van der Waals surface area contributed by atoms with Crippen molar-refractivity contribution in [2.45, 2.75) is 31.7 Å². The third-order valence-electron chi connectivity index (χ3n) is 4.43. The van der Waals surface area contributed by atoms with E-state index in [9.17, 15) is 18.3 Å². The molecule has 23 heavy (non-hydrogen) atoms. The van der Waals surface area contributed by atoms with Crippen LogP contribution in [0.2, 0.25) is 0 Å². The standard InChI is InChI=1S/C16H20F3NO3/c17-16(18,19)15(21)12-3-5-20(6-4-12)10-11-1-2-13-14(9-11)23-8-7-22-13/h1-2,9,12,15,21H,3-8,10H2. The molecule has 4 nitrogen and oxygen atoms in total. The summed E-state index contributed by atoms with van der Waals surface area (Å²) >= 11 is 0. The van der Waals surface area contributed by atoms with E-state index < -0.39 is 18.2 Å². The van der Waals surface area contributed by atoms with Gasteiger partial charge in [0.05, 0.1) is 0 Å². The third-order valence-corrected chi connectivity index (χ3v) is 4.43. The summed E-state index contributed by atoms with van der Waals surface area (Å²) in [4.78, 5) is 2.10. The quantitative estimate of drug-likeness (QED) is 0.924. The molecule has 0 aliphatic carbocycles. The van der Waals surface area contributed by atoms with Gasteiger partial charge in [-0.05, 0) is 49.5 Å². The Morgan fingerprint density at radius 1 is 1.13 bits per heavy atom. The first-order valence-corrected chi connectivity index (χ1v) is 7.79. The van der Waals surface area contributed by atoms with Gasteiger partial charge in [-0.2, -0.15) is 13.2 Å². The number of benzene rings is 1. The van der Waals surface area contributed by atoms with Crippen molar-refractivity contribution in [3.8, 4) is 11.5 Å². The zero-order valence-electron chi connectivity index (χ0n) is 12.7. The van der Waals surface area contributed by atoms with Gasteiger partial charge in [-0.25, -0.2) is 0 Å². The predicted octanol–water partition coefficient (Wildman–Crippen LogP) is 2.59. The summed E-state index contributed by atoms with van der Waals surface area (Å²) in [7, 11) is 0. The van der Waals surface area contributed by atoms with Crippen molar-refractivity contribution in [1.82, 2.24) is 4.90 Å². The first-order valence-electron chi connectivity index (χ1n) is 7.79. The first-order chi connectivity index (χ1) is 10.9. The van der Waals surface area contributed by atoms with Gasteiger partial charge >= 0.3 is 6.18 Å². The highest BCUT2D eigenvalue weighted by Crippen LogP contribution is 2.33. The Morgan fingerprint density at radius 2 is 1.78 bits per heavy atom. The monoisotopic (exact) mass is 331 g/mol. The maximum Gasteiger partial charge on any atom is 0.414 e. The Balaban J connectivity index is 1.55. The van der Waals surface area contributed by atoms with E-state index in [0.717, 1.165) is 17.1 Å². The van der Waals surface area contributed by atoms with Crippen molar-refractivity contribution in [2.75, 3.05) is 26.3 Å². The van der Waals surface area contributed by atoms with Gasteiger partial charge < -0.3 is 14.6 Å². The molecule has 0 bridgehead atoms. The molecule has 1 aromatic rings. The van der Waals surface area contributed by atoms with Gasteiger partial charge in [0.1, 0.15) is 13.2 Å². The number of likely N-dealkylation sites (tertiary alicyclic amines) is 1. The van der Waals surface area contributed by atoms with E-state index in [1.807, 2.05) is 18.2 Å². The minimum Gasteiger partial charge on any atom is -0.486 e. The number of halogens is 3. The topological polar surface area (TPSA) is 41.9 Å². The minimum atomic E-state index is -4.53. The minimum absolute atomic E-state index is 0.352. The average molecular weight is 331 g/mol. The predicted molar refractivity (Wildman–Crippen MR) is 77.5 cm³/mol. The van der Waals surface area contributed by atoms with E-state index in [0.29, 0.717) is 45.7 Å². The van der Waals surface area contributed by atoms with Gasteiger partial charge in [0.25, 0.3) is 0 Å². The Morgan fingerprint density at radius 3 is 2.43 bits per heavy atom. The third kappa shape index (κ3) is 3.90. The van der Waals surface area contributed by atoms with Crippen molar-refractivity contribution >= 4 is 0 Å². The number of piperidine rings is 1. The molecule has 0 spiro atoms. The van der Waals surface area contributed by atoms with Gasteiger partial charge in [-0.1, -0.05) is 6.07 Å². The van der Waals surface area contributed by atoms with Crippen LogP contribution in [0.3, 0.4) is 0 Å². The van der Waals surface area contributed by atoms with Gasteiger partial charge in [0, 0.05) is 6.54 Å². The molecule has 0 amide bonds. The van der Waals surface area contributed by atoms with Crippen LogP contribution < -0.4 is 9.47 Å². The number of fused-ring (bicyclic) bond motifs is 1. The average Bonchev–Trinajstić information content (AvgIpc) is 2.54. The Hall–Kier alpha value is -1.47. The molecule has 1 saturated heterocycles. The van der Waals surface area contributed by atoms with Crippen molar-refractivity contribution in [3.05, 3.63) is 23.8 Å². The summed E-state index contributed by atoms with van der Waals surface area (Å²) in [6.07, 6.45) is -6.03. The molecule has 0 radical (unpaired) electrons. The fraction of sp³-hybridized carbons (Fsp3) is 0.625. The zero-order chi connectivity index (χ0) is 16.4. The molecule has 0 aromatic heterocycles. The van der Waals surface area contributed by atoms with E-state index >= 15 is 0 Å². The molecule has 3 rings (SSSR count). The van der Waals surface area contributed by atoms with Crippen molar-refractivity contribution in [2.24, 2.45) is 5.92 Å². The second-order valence-electron chi connectivity index (χ2n) is 6.08. The number of alkyl halides is 3. The second kappa shape index (κ2) is 6.57. The summed E-state index contributed by atoms with van der Waals surface area (Å²) in [6.45, 7) is 2.82. The number of ether oxygens (including phenoxy) is 2. The molecule has 1 fully saturated rings. The van der Waals surface area contributed by atoms with Crippen LogP contribution >= 0.6 is 0 Å². The Labute approximate surface area is 132 Å². The molecular formula is C16H20F3NO3. The van der Waals surface area contributed by atoms with Crippen LogP contribution in [0, 0.1) is 5.92 Å². The number of aliphatic hydroxyl groups excluding tert-OH is 1. The van der Waals surface area contributed by atoms with Gasteiger partial charge in [0.15, 0.2) is 17.6 Å². The van der Waals surface area contributed by atoms with Crippen LogP contribution in [-0.4, -0.2) is 48.6 Å². The molecule has 2 heterocycles. The van der Waals surface area contributed by atoms with Crippen LogP contribution in [0.25, 0.3) is 0 Å². The molecule has 1 atom stereocenters. The molecule has 1 aromatic carbocycles. The molecule has 2 aliphatic heterocycles. The lowest BCUT2D eigenvalue weighted by atomic mass is 9.90. The first kappa shape index (κ1) is 16.4. The van der Waals surface area contributed by atoms with Gasteiger partial charge in [-0.15, -0.1) is 0 Å². The van der Waals surface area contributed by atoms with E-state index in [2.05, 4.69) is 4.90 Å². The van der Waals surface area contributed by atoms with Gasteiger partial charge in [0.2, 0.25) is 0 Å². The van der Waals surface area contributed by atoms with Crippen LogP contribution in [0.15, 0.2) is 18.2 Å². The Bertz CT molecular complexity index is 542. The van der Waals surface area contributed by atoms with Crippen molar-refractivity contribution < 1.29 is 27.8 Å². The number of nitrogens with zero attached hydrogens (tertiary/aromatic N) is 1. The fourth-order valence-corrected chi connectivity index (χ4v) is 3.14. The van der Waals surface area contributed by atoms with Gasteiger partial charge in [-0.3, -0.25) is 4.90 Å². The van der Waals surface area contributed by atoms with E-state index in [1.54, 1.807) is 0 Å². The van der Waals surface area contributed by atoms with Crippen molar-refractivity contribution in [1.29, 1.82) is 0 Å². The van der Waals surface area contributed by atoms with Crippen LogP contribution in [0.5, 0.6) is 11.5 Å². The largest absolute Gasteiger partial charge is 0.486 e. The summed E-state index contributed by atoms with van der Waals surface area (Å²) < 4.78 is 48.7. The number of aliphatic hydroxyl groups is 1. The van der Waals surface area contributed by atoms with Crippen molar-refractivity contribution in [3.63, 3.8) is 0 Å². The highest BCUT2D eigenvalue weighted by Gasteiger charge is 2.44. The molecule has 0 saturated carbocycles. The highest BCUT2D eigenvalue weighted by atomic mass is 19.4. The summed E-state index contributed by atoms with van der Waals surface area (Å²) in [6, 6.07) is 5.74. The number of hydrogen-bond acceptors (Lipinski definition) is 4. The lowest BCUT2D eigenvalue weighted by Gasteiger charge is -2.34. The summed E-state index contributed by atoms with van der Waals surface area (Å²) in [5.41, 5.74) is 1.05. The van der Waals surface area contributed by atoms with Crippen LogP contribution in [0.4, 0.5) is 13.2 Å². The van der Waals surface area contributed by atoms with Crippen LogP contribution in [0.1, 0.15) is 18.4 Å². The normalized spacial score (nSPS) is 21.2. The Kier molecular flexibility index (Phi) is 4.68. The molecule has 1 N–H and O–H groups in total. The summed E-state index contributed by atoms with van der Waals surface area (Å²) in [5.74, 6) is 0.745.